The van der Waals surface area contributed by atoms with E-state index in [-0.39, 0.29) is 18.5 Å². The molecule has 0 bridgehead atoms. The van der Waals surface area contributed by atoms with E-state index in [0.29, 0.717) is 31.6 Å². The number of ether oxygens (including phenoxy) is 1. The van der Waals surface area contributed by atoms with Gasteiger partial charge in [-0.05, 0) is 30.2 Å². The summed E-state index contributed by atoms with van der Waals surface area (Å²) in [4.78, 5) is 7.68. The SMILES string of the molecule is Cc1ccccc1OC[C@H](O)CN(Cc1ccccc1F)C[C@H]1CC(c2ccccc2)=NO1. The van der Waals surface area contributed by atoms with Crippen molar-refractivity contribution in [3.8, 4) is 5.75 Å². The Morgan fingerprint density at radius 1 is 1.06 bits per heavy atom. The average Bonchev–Trinajstić information content (AvgIpc) is 3.29. The van der Waals surface area contributed by atoms with Crippen LogP contribution in [0.2, 0.25) is 0 Å². The number of aryl methyl sites for hydroxylation is 1. The van der Waals surface area contributed by atoms with Gasteiger partial charge in [0.1, 0.15) is 30.4 Å². The first-order chi connectivity index (χ1) is 16.1. The highest BCUT2D eigenvalue weighted by Crippen LogP contribution is 2.20. The van der Waals surface area contributed by atoms with E-state index in [1.54, 1.807) is 12.1 Å². The normalized spacial score (nSPS) is 16.4. The largest absolute Gasteiger partial charge is 0.491 e. The van der Waals surface area contributed by atoms with Crippen LogP contribution in [0.5, 0.6) is 5.75 Å². The summed E-state index contributed by atoms with van der Waals surface area (Å²) in [5.74, 6) is 0.485. The molecule has 2 atom stereocenters. The van der Waals surface area contributed by atoms with Gasteiger partial charge >= 0.3 is 0 Å². The van der Waals surface area contributed by atoms with Gasteiger partial charge in [-0.1, -0.05) is 71.9 Å². The molecule has 3 aromatic carbocycles. The van der Waals surface area contributed by atoms with E-state index in [1.807, 2.05) is 72.5 Å². The highest BCUT2D eigenvalue weighted by molar-refractivity contribution is 6.01. The van der Waals surface area contributed by atoms with Crippen molar-refractivity contribution in [3.63, 3.8) is 0 Å². The standard InChI is InChI=1S/C27H29FN2O3/c1-20-9-5-8-14-27(20)32-19-23(31)17-30(16-22-12-6-7-13-25(22)28)18-24-15-26(29-33-24)21-10-3-2-4-11-21/h2-14,23-24,31H,15-19H2,1H3/t23-,24-/m1/s1. The van der Waals surface area contributed by atoms with Crippen LogP contribution in [0.15, 0.2) is 84.0 Å². The molecule has 0 saturated heterocycles. The van der Waals surface area contributed by atoms with Gasteiger partial charge in [-0.25, -0.2) is 4.39 Å². The van der Waals surface area contributed by atoms with Crippen LogP contribution in [0.25, 0.3) is 0 Å². The predicted octanol–water partition coefficient (Wildman–Crippen LogP) is 4.57. The second-order valence-corrected chi connectivity index (χ2v) is 8.35. The van der Waals surface area contributed by atoms with Crippen molar-refractivity contribution in [2.24, 2.45) is 5.16 Å². The summed E-state index contributed by atoms with van der Waals surface area (Å²) in [6.45, 7) is 3.30. The first-order valence-electron chi connectivity index (χ1n) is 11.2. The number of halogens is 1. The lowest BCUT2D eigenvalue weighted by atomic mass is 10.0. The van der Waals surface area contributed by atoms with Crippen molar-refractivity contribution in [2.45, 2.75) is 32.1 Å². The van der Waals surface area contributed by atoms with Crippen molar-refractivity contribution in [2.75, 3.05) is 19.7 Å². The van der Waals surface area contributed by atoms with Gasteiger partial charge in [0.2, 0.25) is 0 Å². The summed E-state index contributed by atoms with van der Waals surface area (Å²) < 4.78 is 20.1. The van der Waals surface area contributed by atoms with E-state index in [1.165, 1.54) is 6.07 Å². The molecule has 0 fully saturated rings. The van der Waals surface area contributed by atoms with Crippen LogP contribution in [0.4, 0.5) is 4.39 Å². The van der Waals surface area contributed by atoms with Crippen molar-refractivity contribution in [3.05, 3.63) is 101 Å². The molecule has 33 heavy (non-hydrogen) atoms. The minimum atomic E-state index is -0.743. The van der Waals surface area contributed by atoms with Crippen LogP contribution in [0.1, 0.15) is 23.1 Å². The van der Waals surface area contributed by atoms with Gasteiger partial charge in [0, 0.05) is 31.6 Å². The zero-order chi connectivity index (χ0) is 23.0. The van der Waals surface area contributed by atoms with Gasteiger partial charge in [0.05, 0.1) is 5.71 Å². The Bertz CT molecular complexity index is 1070. The smallest absolute Gasteiger partial charge is 0.145 e. The Hall–Kier alpha value is -3.22. The summed E-state index contributed by atoms with van der Waals surface area (Å²) in [7, 11) is 0. The molecule has 172 valence electrons. The third-order valence-corrected chi connectivity index (χ3v) is 5.65. The molecule has 6 heteroatoms. The molecular weight excluding hydrogens is 419 g/mol. The number of para-hydroxylation sites is 1. The van der Waals surface area contributed by atoms with Gasteiger partial charge in [0.15, 0.2) is 0 Å². The number of benzene rings is 3. The molecule has 0 aromatic heterocycles. The first kappa shape index (κ1) is 23.0. The fraction of sp³-hybridized carbons (Fsp3) is 0.296. The summed E-state index contributed by atoms with van der Waals surface area (Å²) in [5, 5.41) is 15.0. The second kappa shape index (κ2) is 11.1. The molecule has 1 aliphatic rings. The number of oxime groups is 1. The molecule has 0 amide bonds. The molecule has 0 radical (unpaired) electrons. The lowest BCUT2D eigenvalue weighted by molar-refractivity contribution is 0.0209. The van der Waals surface area contributed by atoms with Crippen molar-refractivity contribution in [1.29, 1.82) is 0 Å². The minimum absolute atomic E-state index is 0.149. The highest BCUT2D eigenvalue weighted by atomic mass is 19.1. The molecule has 5 nitrogen and oxygen atoms in total. The summed E-state index contributed by atoms with van der Waals surface area (Å²) in [5.41, 5.74) is 3.52. The summed E-state index contributed by atoms with van der Waals surface area (Å²) in [6, 6.07) is 24.3. The third kappa shape index (κ3) is 6.40. The lowest BCUT2D eigenvalue weighted by Crippen LogP contribution is -2.40. The zero-order valence-corrected chi connectivity index (χ0v) is 18.7. The number of aliphatic hydroxyl groups excluding tert-OH is 1. The van der Waals surface area contributed by atoms with Gasteiger partial charge in [-0.15, -0.1) is 0 Å². The Kier molecular flexibility index (Phi) is 7.70. The van der Waals surface area contributed by atoms with Gasteiger partial charge in [-0.2, -0.15) is 0 Å². The summed E-state index contributed by atoms with van der Waals surface area (Å²) >= 11 is 0. The molecule has 1 aliphatic heterocycles. The number of aliphatic hydroxyl groups is 1. The quantitative estimate of drug-likeness (QED) is 0.494. The molecular formula is C27H29FN2O3. The van der Waals surface area contributed by atoms with E-state index in [9.17, 15) is 9.50 Å². The fourth-order valence-corrected chi connectivity index (χ4v) is 3.94. The third-order valence-electron chi connectivity index (χ3n) is 5.65. The number of rotatable bonds is 10. The Morgan fingerprint density at radius 3 is 2.58 bits per heavy atom. The zero-order valence-electron chi connectivity index (χ0n) is 18.7. The molecule has 0 aliphatic carbocycles. The monoisotopic (exact) mass is 448 g/mol. The molecule has 3 aromatic rings. The molecule has 0 spiro atoms. The van der Waals surface area contributed by atoms with Crippen LogP contribution < -0.4 is 4.74 Å². The van der Waals surface area contributed by atoms with Crippen LogP contribution in [-0.2, 0) is 11.4 Å². The number of hydrogen-bond donors (Lipinski definition) is 1. The minimum Gasteiger partial charge on any atom is -0.491 e. The lowest BCUT2D eigenvalue weighted by Gasteiger charge is -2.27. The predicted molar refractivity (Wildman–Crippen MR) is 127 cm³/mol. The molecule has 1 heterocycles. The van der Waals surface area contributed by atoms with Crippen molar-refractivity contribution in [1.82, 2.24) is 4.90 Å². The van der Waals surface area contributed by atoms with Gasteiger partial charge < -0.3 is 14.7 Å². The number of nitrogens with zero attached hydrogens (tertiary/aromatic N) is 2. The summed E-state index contributed by atoms with van der Waals surface area (Å²) in [6.07, 6.45) is -0.253. The van der Waals surface area contributed by atoms with Crippen molar-refractivity contribution >= 4 is 5.71 Å². The topological polar surface area (TPSA) is 54.3 Å². The van der Waals surface area contributed by atoms with E-state index in [0.717, 1.165) is 22.6 Å². The van der Waals surface area contributed by atoms with E-state index >= 15 is 0 Å². The fourth-order valence-electron chi connectivity index (χ4n) is 3.94. The average molecular weight is 449 g/mol. The molecule has 1 N–H and O–H groups in total. The van der Waals surface area contributed by atoms with E-state index in [4.69, 9.17) is 9.57 Å². The second-order valence-electron chi connectivity index (χ2n) is 8.35. The Labute approximate surface area is 194 Å². The number of hydrogen-bond acceptors (Lipinski definition) is 5. The maximum atomic E-state index is 14.3. The van der Waals surface area contributed by atoms with Gasteiger partial charge in [0.25, 0.3) is 0 Å². The maximum Gasteiger partial charge on any atom is 0.145 e. The first-order valence-corrected chi connectivity index (χ1v) is 11.2. The van der Waals surface area contributed by atoms with E-state index in [2.05, 4.69) is 5.16 Å². The van der Waals surface area contributed by atoms with Crippen LogP contribution in [0, 0.1) is 12.7 Å². The molecule has 0 saturated carbocycles. The maximum absolute atomic E-state index is 14.3. The molecule has 0 unspecified atom stereocenters. The van der Waals surface area contributed by atoms with Gasteiger partial charge in [-0.3, -0.25) is 4.90 Å². The van der Waals surface area contributed by atoms with E-state index < -0.39 is 6.10 Å². The highest BCUT2D eigenvalue weighted by Gasteiger charge is 2.26. The van der Waals surface area contributed by atoms with Crippen LogP contribution in [-0.4, -0.2) is 47.6 Å². The van der Waals surface area contributed by atoms with Crippen LogP contribution in [0.3, 0.4) is 0 Å². The van der Waals surface area contributed by atoms with Crippen molar-refractivity contribution < 1.29 is 19.1 Å². The molecule has 4 rings (SSSR count). The van der Waals surface area contributed by atoms with Crippen LogP contribution >= 0.6 is 0 Å². The Balaban J connectivity index is 1.39. The Morgan fingerprint density at radius 2 is 1.79 bits per heavy atom.